The van der Waals surface area contributed by atoms with E-state index >= 15 is 0 Å². The van der Waals surface area contributed by atoms with E-state index in [1.807, 2.05) is 26.8 Å². The first kappa shape index (κ1) is 25.8. The zero-order chi connectivity index (χ0) is 24.8. The normalized spacial score (nSPS) is 15.1. The maximum absolute atomic E-state index is 14.6. The molecule has 0 unspecified atom stereocenters. The van der Waals surface area contributed by atoms with E-state index < -0.39 is 25.0 Å². The molecule has 0 aliphatic rings. The standard InChI is InChI=1S/C27H31NO4S2/c1-4-11-27(22(3)20-26(29)23-12-7-5-8-13-23)33(30,24-14-9-6-10-15-24)28-34(31,32)25-18-16-21(2)17-19-25/h5-10,12-19,22,27H,4,11,20H2,1-3H3/t22-,27-,33-/m1/s1. The molecule has 3 rings (SSSR count). The third kappa shape index (κ3) is 6.02. The molecule has 180 valence electrons. The first-order valence-electron chi connectivity index (χ1n) is 11.4. The Bertz CT molecular complexity index is 1330. The zero-order valence-electron chi connectivity index (χ0n) is 19.8. The Labute approximate surface area is 203 Å². The van der Waals surface area contributed by atoms with Crippen molar-refractivity contribution in [3.05, 3.63) is 96.1 Å². The Hall–Kier alpha value is -2.77. The molecule has 0 saturated heterocycles. The van der Waals surface area contributed by atoms with E-state index in [0.29, 0.717) is 23.3 Å². The van der Waals surface area contributed by atoms with Gasteiger partial charge in [0.1, 0.15) is 0 Å². The molecule has 0 aliphatic heterocycles. The first-order valence-corrected chi connectivity index (χ1v) is 14.4. The van der Waals surface area contributed by atoms with Crippen LogP contribution in [0.1, 0.15) is 49.0 Å². The molecule has 3 aromatic rings. The van der Waals surface area contributed by atoms with Crippen LogP contribution in [0.15, 0.2) is 98.5 Å². The zero-order valence-corrected chi connectivity index (χ0v) is 21.4. The number of sulfonamides is 1. The van der Waals surface area contributed by atoms with Crippen molar-refractivity contribution in [1.29, 1.82) is 0 Å². The van der Waals surface area contributed by atoms with Crippen molar-refractivity contribution in [1.82, 2.24) is 0 Å². The number of ketones is 1. The molecule has 0 fully saturated rings. The van der Waals surface area contributed by atoms with Crippen molar-refractivity contribution < 1.29 is 17.4 Å². The quantitative estimate of drug-likeness (QED) is 0.308. The lowest BCUT2D eigenvalue weighted by atomic mass is 9.95. The smallest absolute Gasteiger partial charge is 0.290 e. The summed E-state index contributed by atoms with van der Waals surface area (Å²) in [5.41, 5.74) is 1.50. The lowest BCUT2D eigenvalue weighted by Gasteiger charge is -2.27. The summed E-state index contributed by atoms with van der Waals surface area (Å²) < 4.78 is 45.3. The van der Waals surface area contributed by atoms with Crippen molar-refractivity contribution in [2.45, 2.75) is 55.1 Å². The topological polar surface area (TPSA) is 80.6 Å². The third-order valence-electron chi connectivity index (χ3n) is 5.83. The summed E-state index contributed by atoms with van der Waals surface area (Å²) in [5.74, 6) is -0.414. The summed E-state index contributed by atoms with van der Waals surface area (Å²) in [6, 6.07) is 23.9. The first-order chi connectivity index (χ1) is 16.2. The number of hydrogen-bond acceptors (Lipinski definition) is 4. The molecule has 0 aliphatic carbocycles. The number of carbonyl (C=O) groups excluding carboxylic acids is 1. The summed E-state index contributed by atoms with van der Waals surface area (Å²) in [7, 11) is -7.62. The molecule has 0 N–H and O–H groups in total. The van der Waals surface area contributed by atoms with Gasteiger partial charge in [0.15, 0.2) is 5.78 Å². The van der Waals surface area contributed by atoms with Crippen LogP contribution < -0.4 is 0 Å². The predicted octanol–water partition coefficient (Wildman–Crippen LogP) is 6.29. The Morgan fingerprint density at radius 2 is 1.38 bits per heavy atom. The fraction of sp³-hybridized carbons (Fsp3) is 0.296. The van der Waals surface area contributed by atoms with Gasteiger partial charge in [0.2, 0.25) is 0 Å². The number of carbonyl (C=O) groups is 1. The second kappa shape index (κ2) is 11.1. The van der Waals surface area contributed by atoms with E-state index in [0.717, 1.165) is 5.56 Å². The van der Waals surface area contributed by atoms with Crippen molar-refractivity contribution in [3.63, 3.8) is 0 Å². The van der Waals surface area contributed by atoms with Gasteiger partial charge < -0.3 is 0 Å². The summed E-state index contributed by atoms with van der Waals surface area (Å²) in [5, 5.41) is -0.618. The van der Waals surface area contributed by atoms with Gasteiger partial charge in [-0.2, -0.15) is 8.42 Å². The molecule has 0 amide bonds. The molecule has 0 radical (unpaired) electrons. The highest BCUT2D eigenvalue weighted by Gasteiger charge is 2.34. The lowest BCUT2D eigenvalue weighted by molar-refractivity contribution is 0.0963. The molecule has 3 aromatic carbocycles. The molecule has 7 heteroatoms. The van der Waals surface area contributed by atoms with Gasteiger partial charge in [0, 0.05) is 16.9 Å². The van der Waals surface area contributed by atoms with Crippen LogP contribution in [0.25, 0.3) is 0 Å². The lowest BCUT2D eigenvalue weighted by Crippen LogP contribution is -2.30. The molecule has 0 aromatic heterocycles. The van der Waals surface area contributed by atoms with E-state index in [1.54, 1.807) is 66.7 Å². The maximum Gasteiger partial charge on any atom is 0.290 e. The molecule has 0 saturated carbocycles. The molecule has 0 heterocycles. The van der Waals surface area contributed by atoms with Crippen LogP contribution in [0, 0.1) is 12.8 Å². The Balaban J connectivity index is 2.11. The highest BCUT2D eigenvalue weighted by Crippen LogP contribution is 2.32. The monoisotopic (exact) mass is 497 g/mol. The molecule has 0 bridgehead atoms. The summed E-state index contributed by atoms with van der Waals surface area (Å²) >= 11 is 0. The summed E-state index contributed by atoms with van der Waals surface area (Å²) in [4.78, 5) is 13.3. The summed E-state index contributed by atoms with van der Waals surface area (Å²) in [6.45, 7) is 5.68. The number of nitrogens with zero attached hydrogens (tertiary/aromatic N) is 1. The van der Waals surface area contributed by atoms with E-state index in [-0.39, 0.29) is 23.0 Å². The molecule has 3 atom stereocenters. The minimum atomic E-state index is -4.20. The Morgan fingerprint density at radius 1 is 0.824 bits per heavy atom. The minimum Gasteiger partial charge on any atom is -0.294 e. The minimum absolute atomic E-state index is 0.00465. The number of hydrogen-bond donors (Lipinski definition) is 0. The molecule has 0 spiro atoms. The van der Waals surface area contributed by atoms with Crippen LogP contribution in [-0.2, 0) is 19.8 Å². The number of rotatable bonds is 10. The van der Waals surface area contributed by atoms with Gasteiger partial charge in [0.25, 0.3) is 10.0 Å². The summed E-state index contributed by atoms with van der Waals surface area (Å²) in [6.07, 6.45) is 1.31. The van der Waals surface area contributed by atoms with Crippen LogP contribution in [-0.4, -0.2) is 23.7 Å². The average molecular weight is 498 g/mol. The fourth-order valence-electron chi connectivity index (χ4n) is 4.00. The number of aryl methyl sites for hydroxylation is 1. The van der Waals surface area contributed by atoms with Gasteiger partial charge in [-0.25, -0.2) is 4.21 Å². The van der Waals surface area contributed by atoms with Crippen molar-refractivity contribution in [2.75, 3.05) is 0 Å². The van der Waals surface area contributed by atoms with E-state index in [9.17, 15) is 17.4 Å². The predicted molar refractivity (Wildman–Crippen MR) is 137 cm³/mol. The van der Waals surface area contributed by atoms with E-state index in [2.05, 4.69) is 3.77 Å². The number of Topliss-reactive ketones (excluding diaryl/α,β-unsaturated/α-hetero) is 1. The van der Waals surface area contributed by atoms with E-state index in [4.69, 9.17) is 0 Å². The SMILES string of the molecule is CCC[C@H]([C@H](C)CC(=O)c1ccccc1)[S@@](=O)(=NS(=O)(=O)c1ccc(C)cc1)c1ccccc1. The van der Waals surface area contributed by atoms with Gasteiger partial charge in [-0.1, -0.05) is 86.5 Å². The van der Waals surface area contributed by atoms with Crippen LogP contribution in [0.5, 0.6) is 0 Å². The van der Waals surface area contributed by atoms with Gasteiger partial charge in [-0.05, 0) is 43.5 Å². The molecule has 5 nitrogen and oxygen atoms in total. The average Bonchev–Trinajstić information content (AvgIpc) is 2.83. The van der Waals surface area contributed by atoms with Gasteiger partial charge in [-0.3, -0.25) is 4.79 Å². The van der Waals surface area contributed by atoms with Crippen molar-refractivity contribution in [3.8, 4) is 0 Å². The molecular weight excluding hydrogens is 466 g/mol. The van der Waals surface area contributed by atoms with Crippen LogP contribution in [0.3, 0.4) is 0 Å². The van der Waals surface area contributed by atoms with Gasteiger partial charge in [0.05, 0.1) is 19.9 Å². The van der Waals surface area contributed by atoms with Crippen LogP contribution >= 0.6 is 0 Å². The van der Waals surface area contributed by atoms with Gasteiger partial charge in [-0.15, -0.1) is 3.77 Å². The van der Waals surface area contributed by atoms with Crippen molar-refractivity contribution in [2.24, 2.45) is 9.69 Å². The molecular formula is C27H31NO4S2. The molecule has 34 heavy (non-hydrogen) atoms. The largest absolute Gasteiger partial charge is 0.294 e. The maximum atomic E-state index is 14.6. The third-order valence-corrected chi connectivity index (χ3v) is 10.8. The van der Waals surface area contributed by atoms with Crippen LogP contribution in [0.2, 0.25) is 0 Å². The number of benzene rings is 3. The van der Waals surface area contributed by atoms with Gasteiger partial charge >= 0.3 is 0 Å². The highest BCUT2D eigenvalue weighted by molar-refractivity contribution is 8.03. The Morgan fingerprint density at radius 3 is 1.94 bits per heavy atom. The van der Waals surface area contributed by atoms with Crippen molar-refractivity contribution >= 4 is 25.5 Å². The van der Waals surface area contributed by atoms with Crippen LogP contribution in [0.4, 0.5) is 0 Å². The second-order valence-corrected chi connectivity index (χ2v) is 12.8. The second-order valence-electron chi connectivity index (χ2n) is 8.54. The Kier molecular flexibility index (Phi) is 8.44. The fourth-order valence-corrected chi connectivity index (χ4v) is 8.95. The van der Waals surface area contributed by atoms with E-state index in [1.165, 1.54) is 12.1 Å². The highest BCUT2D eigenvalue weighted by atomic mass is 32.3.